The van der Waals surface area contributed by atoms with Crippen LogP contribution in [0.4, 0.5) is 14.9 Å². The second kappa shape index (κ2) is 46.6. The molecule has 0 unspecified atom stereocenters. The molecule has 3 aliphatic heterocycles. The van der Waals surface area contributed by atoms with Crippen molar-refractivity contribution in [1.29, 1.82) is 0 Å². The van der Waals surface area contributed by atoms with Gasteiger partial charge in [-0.25, -0.2) is 19.0 Å². The molecule has 3 aromatic carbocycles. The Balaban J connectivity index is 0.806. The van der Waals surface area contributed by atoms with Crippen LogP contribution in [0.25, 0.3) is 22.3 Å². The first-order valence-electron chi connectivity index (χ1n) is 43.6. The Morgan fingerprint density at radius 2 is 1.04 bits per heavy atom. The lowest BCUT2D eigenvalue weighted by molar-refractivity contribution is -0.172. The molecule has 45 heteroatoms. The van der Waals surface area contributed by atoms with Gasteiger partial charge in [0.25, 0.3) is 17.4 Å². The Kier molecular flexibility index (Phi) is 35.9. The number of aliphatic hydroxyl groups is 1. The van der Waals surface area contributed by atoms with E-state index in [0.29, 0.717) is 52.5 Å². The van der Waals surface area contributed by atoms with E-state index in [0.717, 1.165) is 49.0 Å². The molecule has 2 aromatic heterocycles. The molecule has 136 heavy (non-hydrogen) atoms. The minimum atomic E-state index is -2.15. The number of unbranched alkanes of at least 4 members (excludes halogenated alkanes) is 2. The standard InChI is InChI=1S/C91H115FN20O24/c1-15-91(134)62-34-67-86-60(40-112(67)88(131)61(62)52-135-89(91)132)85-64(28-27-59-53(2)63(92)35-65(98-86)84(59)85)99-90(133)136-51-56-25-26-58(96-70(116)38-95-87(130)66(32-55-22-18-16-19-23-55)97-71(117)37-94-69(115)36-93-68(114)24-20-17-21-31-111-72(118)29-30-73(111)119)33-57(56)39-101(5)75(121)42-103(7)77(123)44-105(9)79(125)46-107(11)81(127)48-109(13)83(129)50-110(14)82(128)49-108(12)80(126)47-106(10)78(124)45-104(8)76(122)43-102(6)74(120)41-100(4)54(3)113/h16,18-19,22-23,25-26,29-30,33-35,64,66,134H,15,17,20-21,24,27-28,31-32,36-52H2,1-14H3,(H,93,114)(H,94,115)(H,95,130)(H,96,116)(H,97,117)(H,99,133)/t64-,66-,91-/m0/s1. The highest BCUT2D eigenvalue weighted by atomic mass is 19.1. The monoisotopic (exact) mass is 1890 g/mol. The normalized spacial score (nSPS) is 14.3. The van der Waals surface area contributed by atoms with E-state index in [4.69, 9.17) is 14.5 Å². The quantitative estimate of drug-likeness (QED) is 0.0118. The lowest BCUT2D eigenvalue weighted by atomic mass is 9.81. The van der Waals surface area contributed by atoms with Gasteiger partial charge in [0.2, 0.25) is 94.5 Å². The summed E-state index contributed by atoms with van der Waals surface area (Å²) in [5.74, 6) is -12.9. The van der Waals surface area contributed by atoms with E-state index < -0.39 is 233 Å². The maximum absolute atomic E-state index is 15.9. The smallest absolute Gasteiger partial charge is 0.407 e. The number of nitrogens with zero attached hydrogens (tertiary/aromatic N) is 14. The van der Waals surface area contributed by atoms with Gasteiger partial charge >= 0.3 is 12.1 Å². The first-order chi connectivity index (χ1) is 64.2. The molecule has 5 aromatic rings. The average Bonchev–Trinajstić information content (AvgIpc) is 1.60. The van der Waals surface area contributed by atoms with Gasteiger partial charge in [0.05, 0.1) is 120 Å². The van der Waals surface area contributed by atoms with E-state index in [1.807, 2.05) is 0 Å². The number of alkyl carbamates (subject to hydrolysis) is 1. The molecule has 19 amide bonds. The molecule has 5 heterocycles. The number of aryl methyl sites for hydroxylation is 1. The number of pyridine rings is 2. The fraction of sp³-hybridized carbons (Fsp3) is 0.473. The number of hydrogen-bond acceptors (Lipinski definition) is 25. The number of fused-ring (bicyclic) bond motifs is 5. The minimum absolute atomic E-state index is 0.0451. The summed E-state index contributed by atoms with van der Waals surface area (Å²) in [5.41, 5.74) is 1.40. The number of carbonyl (C=O) groups excluding carboxylic acids is 20. The number of rotatable bonds is 43. The van der Waals surface area contributed by atoms with Crippen LogP contribution < -0.4 is 37.5 Å². The molecule has 0 spiro atoms. The molecule has 44 nitrogen and oxygen atoms in total. The molecule has 0 saturated heterocycles. The first-order valence-corrected chi connectivity index (χ1v) is 43.6. The zero-order valence-corrected chi connectivity index (χ0v) is 78.4. The number of aromatic nitrogens is 2. The molecule has 0 radical (unpaired) electrons. The van der Waals surface area contributed by atoms with Crippen LogP contribution in [0.1, 0.15) is 108 Å². The van der Waals surface area contributed by atoms with Gasteiger partial charge in [0.15, 0.2) is 5.60 Å². The van der Waals surface area contributed by atoms with Crippen LogP contribution in [-0.4, -0.2) is 367 Å². The van der Waals surface area contributed by atoms with Crippen molar-refractivity contribution in [3.8, 4) is 11.4 Å². The third kappa shape index (κ3) is 27.0. The van der Waals surface area contributed by atoms with Gasteiger partial charge in [-0.2, -0.15) is 0 Å². The van der Waals surface area contributed by atoms with E-state index in [2.05, 4.69) is 31.9 Å². The highest BCUT2D eigenvalue weighted by molar-refractivity contribution is 6.13. The predicted molar refractivity (Wildman–Crippen MR) is 483 cm³/mol. The Morgan fingerprint density at radius 3 is 1.55 bits per heavy atom. The fourth-order valence-corrected chi connectivity index (χ4v) is 15.2. The summed E-state index contributed by atoms with van der Waals surface area (Å²) in [5, 5.41) is 27.8. The third-order valence-electron chi connectivity index (χ3n) is 23.9. The first kappa shape index (κ1) is 105. The van der Waals surface area contributed by atoms with Gasteiger partial charge in [0.1, 0.15) is 25.1 Å². The molecule has 0 bridgehead atoms. The van der Waals surface area contributed by atoms with Crippen molar-refractivity contribution in [2.45, 2.75) is 116 Å². The maximum Gasteiger partial charge on any atom is 0.407 e. The number of ether oxygens (including phenoxy) is 2. The van der Waals surface area contributed by atoms with Crippen LogP contribution in [-0.2, 0) is 145 Å². The summed E-state index contributed by atoms with van der Waals surface area (Å²) < 4.78 is 28.5. The fourth-order valence-electron chi connectivity index (χ4n) is 15.2. The molecule has 730 valence electrons. The number of amides is 19. The predicted octanol–water partition coefficient (Wildman–Crippen LogP) is -2.50. The molecule has 7 N–H and O–H groups in total. The largest absolute Gasteiger partial charge is 0.458 e. The molecular formula is C91H115FN20O24. The lowest BCUT2D eigenvalue weighted by Crippen LogP contribution is -2.52. The van der Waals surface area contributed by atoms with Crippen molar-refractivity contribution in [2.75, 3.05) is 174 Å². The summed E-state index contributed by atoms with van der Waals surface area (Å²) in [6.45, 7) is -3.35. The van der Waals surface area contributed by atoms with E-state index in [1.165, 1.54) is 141 Å². The van der Waals surface area contributed by atoms with Crippen molar-refractivity contribution in [1.82, 2.24) is 94.9 Å². The number of esters is 1. The van der Waals surface area contributed by atoms with Gasteiger partial charge in [-0.3, -0.25) is 96.0 Å². The van der Waals surface area contributed by atoms with Crippen molar-refractivity contribution in [2.24, 2.45) is 0 Å². The number of nitrogens with one attached hydrogen (secondary N) is 6. The summed E-state index contributed by atoms with van der Waals surface area (Å²) >= 11 is 0. The van der Waals surface area contributed by atoms with Crippen LogP contribution in [0.3, 0.4) is 0 Å². The van der Waals surface area contributed by atoms with E-state index >= 15 is 4.39 Å². The Morgan fingerprint density at radius 1 is 0.559 bits per heavy atom. The van der Waals surface area contributed by atoms with Gasteiger partial charge in [-0.15, -0.1) is 0 Å². The maximum atomic E-state index is 15.9. The number of likely N-dealkylation sites (N-methyl/N-ethyl adjacent to an activating group) is 11. The topological polar surface area (TPSA) is 526 Å². The Labute approximate surface area is 782 Å². The van der Waals surface area contributed by atoms with E-state index in [-0.39, 0.29) is 109 Å². The molecule has 4 aliphatic rings. The summed E-state index contributed by atoms with van der Waals surface area (Å²) in [6.07, 6.45) is 3.14. The Bertz CT molecular complexity index is 5650. The number of carbonyl (C=O) groups is 20. The summed E-state index contributed by atoms with van der Waals surface area (Å²) in [4.78, 5) is 294. The molecule has 0 saturated carbocycles. The van der Waals surface area contributed by atoms with Gasteiger partial charge < -0.3 is 105 Å². The van der Waals surface area contributed by atoms with E-state index in [9.17, 15) is 106 Å². The zero-order chi connectivity index (χ0) is 100. The molecule has 1 aliphatic carbocycles. The van der Waals surface area contributed by atoms with Crippen LogP contribution in [0, 0.1) is 12.7 Å². The van der Waals surface area contributed by atoms with Gasteiger partial charge in [-0.05, 0) is 90.6 Å². The van der Waals surface area contributed by atoms with Crippen LogP contribution in [0.15, 0.2) is 77.6 Å². The van der Waals surface area contributed by atoms with Crippen molar-refractivity contribution in [3.05, 3.63) is 139 Å². The molecule has 0 fully saturated rings. The van der Waals surface area contributed by atoms with Crippen LogP contribution in [0.5, 0.6) is 0 Å². The highest BCUT2D eigenvalue weighted by Gasteiger charge is 2.47. The molecule has 9 rings (SSSR count). The number of cyclic esters (lactones) is 1. The summed E-state index contributed by atoms with van der Waals surface area (Å²) in [6, 6.07) is 13.6. The number of benzene rings is 3. The molecular weight excluding hydrogens is 1780 g/mol. The van der Waals surface area contributed by atoms with Crippen molar-refractivity contribution < 1.29 is 115 Å². The number of hydrogen-bond donors (Lipinski definition) is 7. The average molecular weight is 1890 g/mol. The van der Waals surface area contributed by atoms with Crippen molar-refractivity contribution in [3.63, 3.8) is 0 Å². The SMILES string of the molecule is CC[C@@]1(O)C(=O)OCc2c1cc1n(c2=O)Cc2c-1nc1cc(F)c(C)c3c1c2[C@@H](NC(=O)OCc1ccc(NC(=O)CNC(=O)[C@H](Cc2ccccc2)NC(=O)CNC(=O)CNC(=O)CCCCCN2C(=O)C=CC2=O)cc1CN(C)C(=O)CN(C)C(=O)CN(C)C(=O)CN(C)C(=O)CN(C)C(=O)CN(C)C(=O)CN(C)C(=O)CN(C)C(=O)CN(C)C(=O)CN(C)C(=O)CN(C)C(C)=O)CC3. The molecule has 3 atom stereocenters. The summed E-state index contributed by atoms with van der Waals surface area (Å²) in [7, 11) is 14.5. The van der Waals surface area contributed by atoms with Crippen LogP contribution in [0.2, 0.25) is 0 Å². The van der Waals surface area contributed by atoms with Gasteiger partial charge in [-0.1, -0.05) is 49.7 Å². The Hall–Kier alpha value is -14.9. The zero-order valence-electron chi connectivity index (χ0n) is 78.4. The number of halogens is 1. The van der Waals surface area contributed by atoms with Gasteiger partial charge in [0, 0.05) is 151 Å². The minimum Gasteiger partial charge on any atom is -0.458 e. The van der Waals surface area contributed by atoms with Crippen LogP contribution >= 0.6 is 0 Å². The third-order valence-corrected chi connectivity index (χ3v) is 23.9. The second-order valence-corrected chi connectivity index (χ2v) is 34.1. The van der Waals surface area contributed by atoms with Crippen molar-refractivity contribution >= 4 is 135 Å². The second-order valence-electron chi connectivity index (χ2n) is 34.1. The number of anilines is 1. The van der Waals surface area contributed by atoms with E-state index in [1.54, 1.807) is 44.2 Å². The number of imide groups is 1. The lowest BCUT2D eigenvalue weighted by Gasteiger charge is -2.31. The highest BCUT2D eigenvalue weighted by Crippen LogP contribution is 2.46.